The topological polar surface area (TPSA) is 93.0 Å². The molecule has 0 saturated heterocycles. The second kappa shape index (κ2) is 6.71. The molecule has 4 aromatic heterocycles. The van der Waals surface area contributed by atoms with Crippen LogP contribution in [0.15, 0.2) is 55.1 Å². The normalized spacial score (nSPS) is 18.5. The number of pyridine rings is 1. The highest BCUT2D eigenvalue weighted by Gasteiger charge is 2.39. The Labute approximate surface area is 155 Å². The summed E-state index contributed by atoms with van der Waals surface area (Å²) in [6, 6.07) is 9.81. The fourth-order valence-electron chi connectivity index (χ4n) is 3.24. The lowest BCUT2D eigenvalue weighted by Gasteiger charge is -2.11. The van der Waals surface area contributed by atoms with E-state index in [-0.39, 0.29) is 0 Å². The zero-order chi connectivity index (χ0) is 18.1. The SMILES string of the molecule is c1ccc([C@@H]2C[C@H]2COc2cc(NCc3cn[nH]c3)n3nccc3n2)nc1. The van der Waals surface area contributed by atoms with E-state index >= 15 is 0 Å². The molecule has 136 valence electrons. The van der Waals surface area contributed by atoms with E-state index in [1.807, 2.05) is 36.7 Å². The Morgan fingerprint density at radius 3 is 3.11 bits per heavy atom. The van der Waals surface area contributed by atoms with Gasteiger partial charge in [-0.1, -0.05) is 6.07 Å². The number of aromatic amines is 1. The number of aromatic nitrogens is 6. The van der Waals surface area contributed by atoms with Crippen LogP contribution in [-0.4, -0.2) is 36.4 Å². The average Bonchev–Trinajstić information content (AvgIpc) is 3.07. The molecule has 4 heterocycles. The van der Waals surface area contributed by atoms with Crippen molar-refractivity contribution in [2.75, 3.05) is 11.9 Å². The van der Waals surface area contributed by atoms with Crippen molar-refractivity contribution in [2.24, 2.45) is 5.92 Å². The first-order chi connectivity index (χ1) is 13.4. The minimum atomic E-state index is 0.489. The van der Waals surface area contributed by atoms with Crippen LogP contribution in [0.1, 0.15) is 23.6 Å². The summed E-state index contributed by atoms with van der Waals surface area (Å²) in [6.07, 6.45) is 8.33. The Morgan fingerprint density at radius 1 is 1.26 bits per heavy atom. The van der Waals surface area contributed by atoms with Crippen LogP contribution in [0.5, 0.6) is 5.88 Å². The van der Waals surface area contributed by atoms with Crippen molar-refractivity contribution >= 4 is 11.5 Å². The summed E-state index contributed by atoms with van der Waals surface area (Å²) < 4.78 is 7.76. The van der Waals surface area contributed by atoms with E-state index in [1.54, 1.807) is 16.9 Å². The van der Waals surface area contributed by atoms with Gasteiger partial charge < -0.3 is 10.1 Å². The van der Waals surface area contributed by atoms with Gasteiger partial charge in [-0.15, -0.1) is 0 Å². The van der Waals surface area contributed by atoms with Crippen LogP contribution < -0.4 is 10.1 Å². The zero-order valence-electron chi connectivity index (χ0n) is 14.6. The molecule has 8 nitrogen and oxygen atoms in total. The Balaban J connectivity index is 1.28. The van der Waals surface area contributed by atoms with Gasteiger partial charge in [-0.2, -0.15) is 19.7 Å². The number of anilines is 1. The molecule has 1 saturated carbocycles. The highest BCUT2D eigenvalue weighted by Crippen LogP contribution is 2.46. The Bertz CT molecular complexity index is 1030. The third-order valence-corrected chi connectivity index (χ3v) is 4.80. The monoisotopic (exact) mass is 361 g/mol. The smallest absolute Gasteiger partial charge is 0.219 e. The van der Waals surface area contributed by atoms with Crippen molar-refractivity contribution in [1.29, 1.82) is 0 Å². The molecule has 0 aliphatic heterocycles. The molecule has 0 amide bonds. The third kappa shape index (κ3) is 3.33. The molecule has 0 bridgehead atoms. The molecular weight excluding hydrogens is 342 g/mol. The molecule has 0 unspecified atom stereocenters. The maximum atomic E-state index is 6.00. The van der Waals surface area contributed by atoms with Gasteiger partial charge in [-0.25, -0.2) is 0 Å². The van der Waals surface area contributed by atoms with Crippen molar-refractivity contribution in [3.63, 3.8) is 0 Å². The largest absolute Gasteiger partial charge is 0.477 e. The molecule has 2 atom stereocenters. The molecule has 0 spiro atoms. The molecule has 1 aliphatic carbocycles. The van der Waals surface area contributed by atoms with Gasteiger partial charge >= 0.3 is 0 Å². The third-order valence-electron chi connectivity index (χ3n) is 4.80. The minimum absolute atomic E-state index is 0.489. The Kier molecular flexibility index (Phi) is 3.93. The van der Waals surface area contributed by atoms with Gasteiger partial charge in [0.25, 0.3) is 0 Å². The van der Waals surface area contributed by atoms with Gasteiger partial charge in [0.15, 0.2) is 5.65 Å². The first-order valence-electron chi connectivity index (χ1n) is 8.97. The van der Waals surface area contributed by atoms with Crippen molar-refractivity contribution in [3.05, 3.63) is 66.4 Å². The number of H-pyrrole nitrogens is 1. The molecule has 2 N–H and O–H groups in total. The van der Waals surface area contributed by atoms with E-state index in [0.717, 1.165) is 29.1 Å². The molecular formula is C19H19N7O. The summed E-state index contributed by atoms with van der Waals surface area (Å²) in [6.45, 7) is 1.28. The molecule has 0 radical (unpaired) electrons. The van der Waals surface area contributed by atoms with Crippen LogP contribution in [0.4, 0.5) is 5.82 Å². The summed E-state index contributed by atoms with van der Waals surface area (Å²) >= 11 is 0. The number of fused-ring (bicyclic) bond motifs is 1. The summed E-state index contributed by atoms with van der Waals surface area (Å²) in [7, 11) is 0. The van der Waals surface area contributed by atoms with Gasteiger partial charge in [-0.05, 0) is 18.6 Å². The molecule has 0 aromatic carbocycles. The molecule has 4 aromatic rings. The predicted octanol–water partition coefficient (Wildman–Crippen LogP) is 2.64. The second-order valence-electron chi connectivity index (χ2n) is 6.71. The van der Waals surface area contributed by atoms with Gasteiger partial charge in [0.05, 0.1) is 19.0 Å². The fraction of sp³-hybridized carbons (Fsp3) is 0.263. The second-order valence-corrected chi connectivity index (χ2v) is 6.71. The van der Waals surface area contributed by atoms with Crippen LogP contribution in [0.3, 0.4) is 0 Å². The first kappa shape index (κ1) is 15.8. The summed E-state index contributed by atoms with van der Waals surface area (Å²) in [5, 5.41) is 14.5. The van der Waals surface area contributed by atoms with E-state index in [9.17, 15) is 0 Å². The highest BCUT2D eigenvalue weighted by molar-refractivity contribution is 5.51. The average molecular weight is 361 g/mol. The van der Waals surface area contributed by atoms with Crippen molar-refractivity contribution in [2.45, 2.75) is 18.9 Å². The summed E-state index contributed by atoms with van der Waals surface area (Å²) in [5.41, 5.74) is 2.96. The van der Waals surface area contributed by atoms with Crippen molar-refractivity contribution < 1.29 is 4.74 Å². The number of rotatable bonds is 7. The van der Waals surface area contributed by atoms with Gasteiger partial charge in [-0.3, -0.25) is 10.1 Å². The molecule has 1 aliphatic rings. The zero-order valence-corrected chi connectivity index (χ0v) is 14.6. The summed E-state index contributed by atoms with van der Waals surface area (Å²) in [4.78, 5) is 8.98. The summed E-state index contributed by atoms with van der Waals surface area (Å²) in [5.74, 6) is 2.41. The lowest BCUT2D eigenvalue weighted by atomic mass is 10.2. The number of nitrogens with zero attached hydrogens (tertiary/aromatic N) is 5. The van der Waals surface area contributed by atoms with E-state index in [0.29, 0.717) is 30.9 Å². The standard InChI is InChI=1S/C19H19N7O/c1-2-5-20-16(3-1)15-7-14(15)12-27-19-8-18(21-9-13-10-22-23-11-13)26-17(25-19)4-6-24-26/h1-6,8,10-11,14-15,21H,7,9,12H2,(H,22,23)/t14-,15+/m0/s1. The predicted molar refractivity (Wildman–Crippen MR) is 99.5 cm³/mol. The Morgan fingerprint density at radius 2 is 2.26 bits per heavy atom. The van der Waals surface area contributed by atoms with Gasteiger partial charge in [0.2, 0.25) is 5.88 Å². The first-order valence-corrected chi connectivity index (χ1v) is 8.97. The number of hydrogen-bond donors (Lipinski definition) is 2. The fourth-order valence-corrected chi connectivity index (χ4v) is 3.24. The number of ether oxygens (including phenoxy) is 1. The lowest BCUT2D eigenvalue weighted by Crippen LogP contribution is -2.08. The van der Waals surface area contributed by atoms with E-state index in [2.05, 4.69) is 36.6 Å². The van der Waals surface area contributed by atoms with Crippen LogP contribution in [0.25, 0.3) is 5.65 Å². The van der Waals surface area contributed by atoms with Crippen molar-refractivity contribution in [3.8, 4) is 5.88 Å². The molecule has 1 fully saturated rings. The van der Waals surface area contributed by atoms with Crippen LogP contribution in [-0.2, 0) is 6.54 Å². The van der Waals surface area contributed by atoms with Gasteiger partial charge in [0.1, 0.15) is 5.82 Å². The van der Waals surface area contributed by atoms with Crippen LogP contribution >= 0.6 is 0 Å². The minimum Gasteiger partial charge on any atom is -0.477 e. The van der Waals surface area contributed by atoms with Crippen LogP contribution in [0.2, 0.25) is 0 Å². The highest BCUT2D eigenvalue weighted by atomic mass is 16.5. The van der Waals surface area contributed by atoms with E-state index in [1.165, 1.54) is 0 Å². The number of hydrogen-bond acceptors (Lipinski definition) is 6. The molecule has 27 heavy (non-hydrogen) atoms. The van der Waals surface area contributed by atoms with E-state index in [4.69, 9.17) is 4.74 Å². The van der Waals surface area contributed by atoms with Gasteiger partial charge in [0, 0.05) is 54.2 Å². The van der Waals surface area contributed by atoms with Crippen molar-refractivity contribution in [1.82, 2.24) is 29.8 Å². The van der Waals surface area contributed by atoms with Crippen LogP contribution in [0, 0.1) is 5.92 Å². The Hall–Kier alpha value is -3.42. The molecule has 5 rings (SSSR count). The number of nitrogens with one attached hydrogen (secondary N) is 2. The maximum absolute atomic E-state index is 6.00. The lowest BCUT2D eigenvalue weighted by molar-refractivity contribution is 0.286. The molecule has 8 heteroatoms. The van der Waals surface area contributed by atoms with E-state index < -0.39 is 0 Å². The maximum Gasteiger partial charge on any atom is 0.219 e. The quantitative estimate of drug-likeness (QED) is 0.526.